The third kappa shape index (κ3) is 1.03. The van der Waals surface area contributed by atoms with Crippen LogP contribution in [0.4, 0.5) is 0 Å². The fourth-order valence-corrected chi connectivity index (χ4v) is 0.936. The SMILES string of the molecule is Cc1cc(C(=O)[O-])c(C)[nH]1. The molecule has 54 valence electrons. The predicted octanol–water partition coefficient (Wildman–Crippen LogP) is -0.00496. The van der Waals surface area contributed by atoms with Crippen molar-refractivity contribution in [1.82, 2.24) is 4.98 Å². The van der Waals surface area contributed by atoms with Gasteiger partial charge in [0.25, 0.3) is 0 Å². The topological polar surface area (TPSA) is 55.9 Å². The first-order chi connectivity index (χ1) is 4.61. The molecule has 0 radical (unpaired) electrons. The number of hydrogen-bond acceptors (Lipinski definition) is 2. The standard InChI is InChI=1S/C7H9NO2/c1-4-3-6(7(9)10)5(2)8-4/h3,8H,1-2H3,(H,9,10)/p-1. The zero-order valence-corrected chi connectivity index (χ0v) is 5.89. The summed E-state index contributed by atoms with van der Waals surface area (Å²) in [7, 11) is 0. The van der Waals surface area contributed by atoms with E-state index in [2.05, 4.69) is 4.98 Å². The smallest absolute Gasteiger partial charge is 0.0733 e. The molecular formula is C7H8NO2-. The van der Waals surface area contributed by atoms with E-state index in [0.717, 1.165) is 5.69 Å². The Hall–Kier alpha value is -1.25. The molecule has 1 aromatic heterocycles. The minimum atomic E-state index is -1.12. The van der Waals surface area contributed by atoms with E-state index < -0.39 is 5.97 Å². The maximum Gasteiger partial charge on any atom is 0.0733 e. The number of carboxylic acids is 1. The van der Waals surface area contributed by atoms with Crippen molar-refractivity contribution >= 4 is 5.97 Å². The molecule has 0 saturated carbocycles. The fraction of sp³-hybridized carbons (Fsp3) is 0.286. The predicted molar refractivity (Wildman–Crippen MR) is 34.6 cm³/mol. The van der Waals surface area contributed by atoms with E-state index in [1.807, 2.05) is 0 Å². The van der Waals surface area contributed by atoms with Gasteiger partial charge in [-0.2, -0.15) is 0 Å². The van der Waals surface area contributed by atoms with Gasteiger partial charge < -0.3 is 14.9 Å². The van der Waals surface area contributed by atoms with Crippen molar-refractivity contribution in [2.75, 3.05) is 0 Å². The first-order valence-electron chi connectivity index (χ1n) is 2.99. The number of carboxylic acid groups (broad SMARTS) is 1. The molecule has 0 saturated heterocycles. The second kappa shape index (κ2) is 2.17. The van der Waals surface area contributed by atoms with Crippen LogP contribution in [-0.4, -0.2) is 11.0 Å². The van der Waals surface area contributed by atoms with Gasteiger partial charge in [-0.1, -0.05) is 0 Å². The van der Waals surface area contributed by atoms with Crippen molar-refractivity contribution < 1.29 is 9.90 Å². The van der Waals surface area contributed by atoms with Crippen LogP contribution in [0.15, 0.2) is 6.07 Å². The lowest BCUT2D eigenvalue weighted by molar-refractivity contribution is -0.255. The first-order valence-corrected chi connectivity index (χ1v) is 2.99. The van der Waals surface area contributed by atoms with Gasteiger partial charge in [-0.25, -0.2) is 0 Å². The number of rotatable bonds is 1. The molecule has 10 heavy (non-hydrogen) atoms. The molecule has 0 aliphatic carbocycles. The van der Waals surface area contributed by atoms with Crippen LogP contribution in [0, 0.1) is 13.8 Å². The van der Waals surface area contributed by atoms with E-state index >= 15 is 0 Å². The quantitative estimate of drug-likeness (QED) is 0.593. The number of carbonyl (C=O) groups is 1. The minimum absolute atomic E-state index is 0.248. The molecule has 0 fully saturated rings. The maximum absolute atomic E-state index is 10.3. The Labute approximate surface area is 58.7 Å². The van der Waals surface area contributed by atoms with Crippen molar-refractivity contribution in [2.24, 2.45) is 0 Å². The molecule has 0 atom stereocenters. The van der Waals surface area contributed by atoms with Gasteiger partial charge in [-0.05, 0) is 19.9 Å². The molecule has 0 aromatic carbocycles. The maximum atomic E-state index is 10.3. The average Bonchev–Trinajstić information content (AvgIpc) is 2.10. The van der Waals surface area contributed by atoms with Gasteiger partial charge in [0.15, 0.2) is 0 Å². The van der Waals surface area contributed by atoms with Gasteiger partial charge in [0.1, 0.15) is 0 Å². The summed E-state index contributed by atoms with van der Waals surface area (Å²) in [6.07, 6.45) is 0. The van der Waals surface area contributed by atoms with Crippen LogP contribution in [-0.2, 0) is 0 Å². The Balaban J connectivity index is 3.15. The van der Waals surface area contributed by atoms with Crippen LogP contribution in [0.2, 0.25) is 0 Å². The number of aromatic nitrogens is 1. The summed E-state index contributed by atoms with van der Waals surface area (Å²) >= 11 is 0. The summed E-state index contributed by atoms with van der Waals surface area (Å²) in [6, 6.07) is 1.56. The van der Waals surface area contributed by atoms with Gasteiger partial charge in [0.2, 0.25) is 0 Å². The summed E-state index contributed by atoms with van der Waals surface area (Å²) in [4.78, 5) is 13.2. The normalized spacial score (nSPS) is 9.80. The van der Waals surface area contributed by atoms with Gasteiger partial charge in [-0.15, -0.1) is 0 Å². The summed E-state index contributed by atoms with van der Waals surface area (Å²) < 4.78 is 0. The number of carbonyl (C=O) groups excluding carboxylic acids is 1. The molecule has 0 unspecified atom stereocenters. The van der Waals surface area contributed by atoms with Crippen LogP contribution in [0.25, 0.3) is 0 Å². The van der Waals surface area contributed by atoms with Crippen molar-refractivity contribution in [3.05, 3.63) is 23.0 Å². The fourth-order valence-electron chi connectivity index (χ4n) is 0.936. The zero-order valence-electron chi connectivity index (χ0n) is 5.89. The Morgan fingerprint density at radius 3 is 2.40 bits per heavy atom. The summed E-state index contributed by atoms with van der Waals surface area (Å²) in [5.41, 5.74) is 1.74. The van der Waals surface area contributed by atoms with Crippen LogP contribution in [0.1, 0.15) is 21.7 Å². The third-order valence-electron chi connectivity index (χ3n) is 1.37. The van der Waals surface area contributed by atoms with Crippen molar-refractivity contribution in [2.45, 2.75) is 13.8 Å². The molecule has 1 aromatic rings. The van der Waals surface area contributed by atoms with Gasteiger partial charge in [0, 0.05) is 17.0 Å². The number of aryl methyl sites for hydroxylation is 2. The molecule has 0 aliphatic heterocycles. The lowest BCUT2D eigenvalue weighted by Crippen LogP contribution is -2.22. The van der Waals surface area contributed by atoms with E-state index in [1.165, 1.54) is 0 Å². The second-order valence-corrected chi connectivity index (χ2v) is 2.28. The average molecular weight is 138 g/mol. The molecule has 1 N–H and O–H groups in total. The Morgan fingerprint density at radius 2 is 2.20 bits per heavy atom. The number of aromatic carboxylic acids is 1. The Morgan fingerprint density at radius 1 is 1.60 bits per heavy atom. The summed E-state index contributed by atoms with van der Waals surface area (Å²) in [5.74, 6) is -1.12. The van der Waals surface area contributed by atoms with E-state index in [0.29, 0.717) is 5.69 Å². The van der Waals surface area contributed by atoms with Gasteiger partial charge >= 0.3 is 0 Å². The van der Waals surface area contributed by atoms with E-state index in [4.69, 9.17) is 0 Å². The van der Waals surface area contributed by atoms with Crippen LogP contribution in [0.3, 0.4) is 0 Å². The molecular weight excluding hydrogens is 130 g/mol. The number of H-pyrrole nitrogens is 1. The van der Waals surface area contributed by atoms with Crippen LogP contribution in [0.5, 0.6) is 0 Å². The lowest BCUT2D eigenvalue weighted by Gasteiger charge is -1.97. The number of aromatic amines is 1. The monoisotopic (exact) mass is 138 g/mol. The molecule has 1 heterocycles. The highest BCUT2D eigenvalue weighted by molar-refractivity contribution is 5.87. The van der Waals surface area contributed by atoms with Gasteiger partial charge in [-0.3, -0.25) is 0 Å². The van der Waals surface area contributed by atoms with E-state index in [-0.39, 0.29) is 5.56 Å². The van der Waals surface area contributed by atoms with Crippen molar-refractivity contribution in [1.29, 1.82) is 0 Å². The largest absolute Gasteiger partial charge is 0.545 e. The first kappa shape index (κ1) is 6.86. The zero-order chi connectivity index (χ0) is 7.72. The molecule has 0 amide bonds. The lowest BCUT2D eigenvalue weighted by atomic mass is 10.2. The van der Waals surface area contributed by atoms with E-state index in [9.17, 15) is 9.90 Å². The highest BCUT2D eigenvalue weighted by Crippen LogP contribution is 2.06. The minimum Gasteiger partial charge on any atom is -0.545 e. The third-order valence-corrected chi connectivity index (χ3v) is 1.37. The van der Waals surface area contributed by atoms with E-state index in [1.54, 1.807) is 19.9 Å². The molecule has 0 spiro atoms. The molecule has 1 rings (SSSR count). The summed E-state index contributed by atoms with van der Waals surface area (Å²) in [5, 5.41) is 10.3. The molecule has 0 aliphatic rings. The van der Waals surface area contributed by atoms with Crippen LogP contribution >= 0.6 is 0 Å². The second-order valence-electron chi connectivity index (χ2n) is 2.28. The highest BCUT2D eigenvalue weighted by Gasteiger charge is 2.00. The highest BCUT2D eigenvalue weighted by atomic mass is 16.4. The number of hydrogen-bond donors (Lipinski definition) is 1. The number of nitrogens with one attached hydrogen (secondary N) is 1. The Bertz CT molecular complexity index is 263. The Kier molecular flexibility index (Phi) is 1.49. The van der Waals surface area contributed by atoms with Crippen molar-refractivity contribution in [3.63, 3.8) is 0 Å². The van der Waals surface area contributed by atoms with Crippen molar-refractivity contribution in [3.8, 4) is 0 Å². The van der Waals surface area contributed by atoms with Crippen LogP contribution < -0.4 is 5.11 Å². The molecule has 0 bridgehead atoms. The molecule has 3 heteroatoms. The van der Waals surface area contributed by atoms with Gasteiger partial charge in [0.05, 0.1) is 5.97 Å². The molecule has 3 nitrogen and oxygen atoms in total. The summed E-state index contributed by atoms with van der Waals surface area (Å²) in [6.45, 7) is 3.51.